The first kappa shape index (κ1) is 9.03. The third kappa shape index (κ3) is 1.46. The quantitative estimate of drug-likeness (QED) is 0.720. The van der Waals surface area contributed by atoms with Crippen LogP contribution >= 0.6 is 27.5 Å². The number of rotatable bonds is 1. The summed E-state index contributed by atoms with van der Waals surface area (Å²) < 4.78 is 2.04. The summed E-state index contributed by atoms with van der Waals surface area (Å²) in [5.74, 6) is 1.01. The van der Waals surface area contributed by atoms with Gasteiger partial charge in [0, 0.05) is 12.1 Å². The van der Waals surface area contributed by atoms with Crippen LogP contribution in [0.25, 0.3) is 11.0 Å². The Morgan fingerprint density at radius 3 is 3.00 bits per heavy atom. The lowest BCUT2D eigenvalue weighted by Crippen LogP contribution is -1.93. The summed E-state index contributed by atoms with van der Waals surface area (Å²) in [7, 11) is 1.99. The second-order valence-corrected chi connectivity index (χ2v) is 3.85. The molecule has 0 spiro atoms. The number of fused-ring (bicyclic) bond motifs is 1. The van der Waals surface area contributed by atoms with Crippen molar-refractivity contribution in [2.24, 2.45) is 7.05 Å². The lowest BCUT2D eigenvalue weighted by Gasteiger charge is -1.97. The van der Waals surface area contributed by atoms with Crippen molar-refractivity contribution in [2.45, 2.75) is 5.33 Å². The average molecular weight is 260 g/mol. The number of hydrogen-bond acceptors (Lipinski definition) is 1. The standard InChI is InChI=1S/C9H8BrClN2/c1-13-8-4-6(11)2-3-7(8)12-9(13)5-10/h2-4H,5H2,1H3. The van der Waals surface area contributed by atoms with E-state index in [2.05, 4.69) is 20.9 Å². The Balaban J connectivity index is 2.77. The van der Waals surface area contributed by atoms with Crippen molar-refractivity contribution in [2.75, 3.05) is 0 Å². The van der Waals surface area contributed by atoms with Crippen molar-refractivity contribution in [3.8, 4) is 0 Å². The second-order valence-electron chi connectivity index (χ2n) is 2.85. The van der Waals surface area contributed by atoms with Gasteiger partial charge in [0.25, 0.3) is 0 Å². The maximum atomic E-state index is 5.89. The van der Waals surface area contributed by atoms with Crippen molar-refractivity contribution < 1.29 is 0 Å². The summed E-state index contributed by atoms with van der Waals surface area (Å²) in [6.45, 7) is 0. The van der Waals surface area contributed by atoms with E-state index in [4.69, 9.17) is 11.6 Å². The monoisotopic (exact) mass is 258 g/mol. The maximum Gasteiger partial charge on any atom is 0.120 e. The lowest BCUT2D eigenvalue weighted by atomic mass is 10.3. The molecule has 0 N–H and O–H groups in total. The molecule has 0 atom stereocenters. The SMILES string of the molecule is Cn1c(CBr)nc2ccc(Cl)cc21. The molecule has 0 aliphatic carbocycles. The van der Waals surface area contributed by atoms with Crippen LogP contribution < -0.4 is 0 Å². The number of halogens is 2. The number of aromatic nitrogens is 2. The summed E-state index contributed by atoms with van der Waals surface area (Å²) >= 11 is 9.28. The van der Waals surface area contributed by atoms with Gasteiger partial charge in [0.1, 0.15) is 5.82 Å². The molecule has 0 amide bonds. The molecule has 68 valence electrons. The van der Waals surface area contributed by atoms with E-state index in [1.807, 2.05) is 29.8 Å². The van der Waals surface area contributed by atoms with Crippen molar-refractivity contribution in [3.05, 3.63) is 29.0 Å². The van der Waals surface area contributed by atoms with Gasteiger partial charge in [-0.05, 0) is 18.2 Å². The van der Waals surface area contributed by atoms with Crippen LogP contribution in [0.5, 0.6) is 0 Å². The molecule has 2 rings (SSSR count). The molecule has 1 heterocycles. The molecule has 0 bridgehead atoms. The molecule has 0 aliphatic heterocycles. The van der Waals surface area contributed by atoms with E-state index in [-0.39, 0.29) is 0 Å². The zero-order chi connectivity index (χ0) is 9.42. The zero-order valence-corrected chi connectivity index (χ0v) is 9.43. The number of aryl methyl sites for hydroxylation is 1. The summed E-state index contributed by atoms with van der Waals surface area (Å²) in [5, 5.41) is 1.51. The predicted octanol–water partition coefficient (Wildman–Crippen LogP) is 3.12. The molecular weight excluding hydrogens is 251 g/mol. The Kier molecular flexibility index (Phi) is 2.30. The number of benzene rings is 1. The highest BCUT2D eigenvalue weighted by Crippen LogP contribution is 2.20. The van der Waals surface area contributed by atoms with Gasteiger partial charge in [-0.2, -0.15) is 0 Å². The van der Waals surface area contributed by atoms with E-state index >= 15 is 0 Å². The van der Waals surface area contributed by atoms with Gasteiger partial charge in [0.15, 0.2) is 0 Å². The normalized spacial score (nSPS) is 11.0. The fourth-order valence-corrected chi connectivity index (χ4v) is 2.00. The first-order chi connectivity index (χ1) is 6.22. The Morgan fingerprint density at radius 1 is 1.54 bits per heavy atom. The third-order valence-corrected chi connectivity index (χ3v) is 2.79. The molecule has 2 nitrogen and oxygen atoms in total. The van der Waals surface area contributed by atoms with E-state index in [0.29, 0.717) is 0 Å². The van der Waals surface area contributed by atoms with Crippen molar-refractivity contribution >= 4 is 38.6 Å². The smallest absolute Gasteiger partial charge is 0.120 e. The molecule has 0 unspecified atom stereocenters. The van der Waals surface area contributed by atoms with Gasteiger partial charge in [-0.25, -0.2) is 4.98 Å². The second kappa shape index (κ2) is 3.31. The van der Waals surface area contributed by atoms with Crippen molar-refractivity contribution in [3.63, 3.8) is 0 Å². The van der Waals surface area contributed by atoms with Gasteiger partial charge in [-0.3, -0.25) is 0 Å². The minimum Gasteiger partial charge on any atom is -0.330 e. The molecule has 1 aromatic heterocycles. The maximum absolute atomic E-state index is 5.89. The van der Waals surface area contributed by atoms with Gasteiger partial charge in [0.2, 0.25) is 0 Å². The molecule has 2 aromatic rings. The number of hydrogen-bond donors (Lipinski definition) is 0. The minimum absolute atomic E-state index is 0.747. The number of imidazole rings is 1. The molecule has 0 aliphatic rings. The number of nitrogens with zero attached hydrogens (tertiary/aromatic N) is 2. The van der Waals surface area contributed by atoms with Crippen LogP contribution in [0.15, 0.2) is 18.2 Å². The first-order valence-corrected chi connectivity index (χ1v) is 5.39. The highest BCUT2D eigenvalue weighted by molar-refractivity contribution is 9.08. The molecule has 1 aromatic carbocycles. The molecular formula is C9H8BrClN2. The molecule has 13 heavy (non-hydrogen) atoms. The van der Waals surface area contributed by atoms with Gasteiger partial charge in [-0.1, -0.05) is 27.5 Å². The van der Waals surface area contributed by atoms with E-state index in [9.17, 15) is 0 Å². The Hall–Kier alpha value is -0.540. The van der Waals surface area contributed by atoms with Crippen LogP contribution in [-0.2, 0) is 12.4 Å². The fraction of sp³-hybridized carbons (Fsp3) is 0.222. The Bertz CT molecular complexity index is 450. The highest BCUT2D eigenvalue weighted by Gasteiger charge is 2.05. The van der Waals surface area contributed by atoms with Gasteiger partial charge in [0.05, 0.1) is 16.4 Å². The van der Waals surface area contributed by atoms with Crippen LogP contribution in [0, 0.1) is 0 Å². The van der Waals surface area contributed by atoms with Crippen LogP contribution in [0.2, 0.25) is 5.02 Å². The lowest BCUT2D eigenvalue weighted by molar-refractivity contribution is 0.879. The molecule has 0 fully saturated rings. The topological polar surface area (TPSA) is 17.8 Å². The molecule has 4 heteroatoms. The summed E-state index contributed by atoms with van der Waals surface area (Å²) in [5.41, 5.74) is 2.06. The third-order valence-electron chi connectivity index (χ3n) is 2.06. The Morgan fingerprint density at radius 2 is 2.31 bits per heavy atom. The zero-order valence-electron chi connectivity index (χ0n) is 7.09. The molecule has 0 radical (unpaired) electrons. The van der Waals surface area contributed by atoms with Gasteiger partial charge < -0.3 is 4.57 Å². The Labute approximate surface area is 89.7 Å². The van der Waals surface area contributed by atoms with Crippen LogP contribution in [-0.4, -0.2) is 9.55 Å². The average Bonchev–Trinajstić information content (AvgIpc) is 2.44. The predicted molar refractivity (Wildman–Crippen MR) is 58.4 cm³/mol. The van der Waals surface area contributed by atoms with Crippen molar-refractivity contribution in [1.29, 1.82) is 0 Å². The van der Waals surface area contributed by atoms with E-state index in [0.717, 1.165) is 27.2 Å². The van der Waals surface area contributed by atoms with Crippen LogP contribution in [0.1, 0.15) is 5.82 Å². The summed E-state index contributed by atoms with van der Waals surface area (Å²) in [4.78, 5) is 4.43. The van der Waals surface area contributed by atoms with Crippen molar-refractivity contribution in [1.82, 2.24) is 9.55 Å². The van der Waals surface area contributed by atoms with Gasteiger partial charge in [-0.15, -0.1) is 0 Å². The number of alkyl halides is 1. The van der Waals surface area contributed by atoms with E-state index < -0.39 is 0 Å². The highest BCUT2D eigenvalue weighted by atomic mass is 79.9. The van der Waals surface area contributed by atoms with Crippen LogP contribution in [0.4, 0.5) is 0 Å². The minimum atomic E-state index is 0.747. The fourth-order valence-electron chi connectivity index (χ4n) is 1.33. The largest absolute Gasteiger partial charge is 0.330 e. The first-order valence-electron chi connectivity index (χ1n) is 3.89. The van der Waals surface area contributed by atoms with E-state index in [1.165, 1.54) is 0 Å². The molecule has 0 saturated carbocycles. The van der Waals surface area contributed by atoms with Gasteiger partial charge >= 0.3 is 0 Å². The summed E-state index contributed by atoms with van der Waals surface area (Å²) in [6.07, 6.45) is 0. The molecule has 0 saturated heterocycles. The summed E-state index contributed by atoms with van der Waals surface area (Å²) in [6, 6.07) is 5.72. The van der Waals surface area contributed by atoms with Crippen LogP contribution in [0.3, 0.4) is 0 Å². The van der Waals surface area contributed by atoms with E-state index in [1.54, 1.807) is 0 Å².